The van der Waals surface area contributed by atoms with Crippen LogP contribution in [0.4, 0.5) is 9.18 Å². The van der Waals surface area contributed by atoms with Gasteiger partial charge in [0.1, 0.15) is 5.82 Å². The van der Waals surface area contributed by atoms with Gasteiger partial charge < -0.3 is 5.32 Å². The van der Waals surface area contributed by atoms with Crippen molar-refractivity contribution in [2.75, 3.05) is 6.54 Å². The van der Waals surface area contributed by atoms with Gasteiger partial charge in [-0.1, -0.05) is 52.3 Å². The number of halogens is 1. The summed E-state index contributed by atoms with van der Waals surface area (Å²) in [7, 11) is 0. The molecule has 2 fully saturated rings. The molecule has 0 radical (unpaired) electrons. The van der Waals surface area contributed by atoms with E-state index in [4.69, 9.17) is 0 Å². The van der Waals surface area contributed by atoms with E-state index >= 15 is 0 Å². The third-order valence-corrected chi connectivity index (χ3v) is 8.40. The highest BCUT2D eigenvalue weighted by Gasteiger charge is 2.61. The van der Waals surface area contributed by atoms with E-state index in [1.807, 2.05) is 12.1 Å². The van der Waals surface area contributed by atoms with Crippen LogP contribution in [0.1, 0.15) is 77.7 Å². The van der Waals surface area contributed by atoms with Crippen LogP contribution in [0, 0.1) is 22.6 Å². The number of hydrogen-bond acceptors (Lipinski definition) is 2. The zero-order valence-corrected chi connectivity index (χ0v) is 18.2. The number of urea groups is 1. The summed E-state index contributed by atoms with van der Waals surface area (Å²) in [5.74, 6) is 0.304. The number of unbranched alkanes of at least 4 members (excludes halogenated alkanes) is 1. The quantitative estimate of drug-likeness (QED) is 0.679. The topological polar surface area (TPSA) is 44.7 Å². The van der Waals surface area contributed by atoms with E-state index in [1.165, 1.54) is 18.9 Å². The highest BCUT2D eigenvalue weighted by molar-refractivity contribution is 5.94. The summed E-state index contributed by atoms with van der Waals surface area (Å²) in [6, 6.07) is 6.93. The highest BCUT2D eigenvalue weighted by atomic mass is 19.1. The van der Waals surface area contributed by atoms with Crippen molar-refractivity contribution < 1.29 is 9.18 Å². The predicted molar refractivity (Wildman–Crippen MR) is 114 cm³/mol. The van der Waals surface area contributed by atoms with Crippen LogP contribution in [0.25, 0.3) is 0 Å². The normalized spacial score (nSPS) is 32.5. The molecule has 0 aromatic heterocycles. The Morgan fingerprint density at radius 3 is 2.69 bits per heavy atom. The second kappa shape index (κ2) is 7.41. The van der Waals surface area contributed by atoms with Crippen molar-refractivity contribution in [3.05, 3.63) is 35.6 Å². The molecule has 4 atom stereocenters. The monoisotopic (exact) mass is 399 g/mol. The Balaban J connectivity index is 1.51. The summed E-state index contributed by atoms with van der Waals surface area (Å²) >= 11 is 0. The molecule has 4 rings (SSSR count). The Hall–Kier alpha value is -1.91. The number of carbonyl (C=O) groups is 1. The largest absolute Gasteiger partial charge is 0.338 e. The maximum Gasteiger partial charge on any atom is 0.338 e. The van der Waals surface area contributed by atoms with E-state index in [2.05, 4.69) is 38.1 Å². The number of hydrazone groups is 1. The van der Waals surface area contributed by atoms with Crippen molar-refractivity contribution >= 4 is 11.7 Å². The van der Waals surface area contributed by atoms with Crippen LogP contribution < -0.4 is 5.32 Å². The molecule has 1 aliphatic heterocycles. The standard InChI is InChI=1S/C24H34FN3O/c1-5-6-11-20-18(17-9-7-8-10-19(17)25)15-28(27-20)22(29)26-21-14-16-12-13-24(21,4)23(16,2)3/h7-10,16,18,21H,5-6,11-15H2,1-4H3,(H,26,29)/t16?,18?,21?,24-/m0/s1. The molecule has 2 bridgehead atoms. The summed E-state index contributed by atoms with van der Waals surface area (Å²) in [5, 5.41) is 9.50. The Morgan fingerprint density at radius 1 is 1.31 bits per heavy atom. The Bertz CT molecular complexity index is 820. The minimum absolute atomic E-state index is 0.132. The lowest BCUT2D eigenvalue weighted by atomic mass is 9.69. The molecule has 1 N–H and O–H groups in total. The summed E-state index contributed by atoms with van der Waals surface area (Å²) in [6.07, 6.45) is 6.32. The highest BCUT2D eigenvalue weighted by Crippen LogP contribution is 2.65. The van der Waals surface area contributed by atoms with Crippen LogP contribution in [0.3, 0.4) is 0 Å². The Morgan fingerprint density at radius 2 is 2.07 bits per heavy atom. The fourth-order valence-electron chi connectivity index (χ4n) is 5.94. The summed E-state index contributed by atoms with van der Waals surface area (Å²) in [5.41, 5.74) is 1.95. The van der Waals surface area contributed by atoms with Crippen LogP contribution in [-0.4, -0.2) is 29.3 Å². The van der Waals surface area contributed by atoms with Gasteiger partial charge in [0.15, 0.2) is 0 Å². The average Bonchev–Trinajstić information content (AvgIpc) is 3.26. The Kier molecular flexibility index (Phi) is 5.20. The molecule has 1 aromatic rings. The van der Waals surface area contributed by atoms with Gasteiger partial charge in [-0.3, -0.25) is 0 Å². The molecule has 4 nitrogen and oxygen atoms in total. The van der Waals surface area contributed by atoms with Crippen LogP contribution >= 0.6 is 0 Å². The van der Waals surface area contributed by atoms with Gasteiger partial charge in [-0.05, 0) is 60.5 Å². The second-order valence-corrected chi connectivity index (χ2v) is 9.96. The first-order valence-corrected chi connectivity index (χ1v) is 11.2. The average molecular weight is 400 g/mol. The molecule has 5 heteroatoms. The van der Waals surface area contributed by atoms with Crippen LogP contribution in [0.15, 0.2) is 29.4 Å². The van der Waals surface area contributed by atoms with E-state index in [0.717, 1.165) is 31.4 Å². The lowest BCUT2D eigenvalue weighted by Crippen LogP contribution is -2.50. The van der Waals surface area contributed by atoms with Crippen LogP contribution in [-0.2, 0) is 0 Å². The number of nitrogens with one attached hydrogen (secondary N) is 1. The molecule has 0 saturated heterocycles. The molecule has 1 heterocycles. The van der Waals surface area contributed by atoms with Crippen molar-refractivity contribution in [1.29, 1.82) is 0 Å². The number of rotatable bonds is 5. The van der Waals surface area contributed by atoms with Crippen LogP contribution in [0.5, 0.6) is 0 Å². The first-order chi connectivity index (χ1) is 13.8. The minimum atomic E-state index is -0.216. The maximum atomic E-state index is 14.5. The van der Waals surface area contributed by atoms with Gasteiger partial charge in [0.25, 0.3) is 0 Å². The minimum Gasteiger partial charge on any atom is -0.333 e. The number of amides is 2. The number of nitrogens with zero attached hydrogens (tertiary/aromatic N) is 2. The predicted octanol–water partition coefficient (Wildman–Crippen LogP) is 5.70. The SMILES string of the molecule is CCCCC1=NN(C(=O)NC2CC3CC[C@]2(C)C3(C)C)CC1c1ccccc1F. The molecule has 1 aromatic carbocycles. The molecule has 158 valence electrons. The van der Waals surface area contributed by atoms with Gasteiger partial charge in [0, 0.05) is 17.7 Å². The third kappa shape index (κ3) is 3.27. The maximum absolute atomic E-state index is 14.5. The summed E-state index contributed by atoms with van der Waals surface area (Å²) in [4.78, 5) is 13.1. The molecular weight excluding hydrogens is 365 g/mol. The zero-order chi connectivity index (χ0) is 20.8. The zero-order valence-electron chi connectivity index (χ0n) is 18.2. The first-order valence-electron chi connectivity index (χ1n) is 11.2. The molecule has 0 spiro atoms. The number of carbonyl (C=O) groups excluding carboxylic acids is 1. The molecule has 3 aliphatic rings. The Labute approximate surface area is 173 Å². The molecule has 2 aliphatic carbocycles. The van der Waals surface area contributed by atoms with Crippen molar-refractivity contribution in [1.82, 2.24) is 10.3 Å². The van der Waals surface area contributed by atoms with E-state index in [1.54, 1.807) is 11.1 Å². The second-order valence-electron chi connectivity index (χ2n) is 9.96. The van der Waals surface area contributed by atoms with Gasteiger partial charge in [0.2, 0.25) is 0 Å². The first kappa shape index (κ1) is 20.4. The van der Waals surface area contributed by atoms with E-state index < -0.39 is 0 Å². The lowest BCUT2D eigenvalue weighted by Gasteiger charge is -2.39. The van der Waals surface area contributed by atoms with Gasteiger partial charge in [0.05, 0.1) is 6.54 Å². The fourth-order valence-corrected chi connectivity index (χ4v) is 5.94. The van der Waals surface area contributed by atoms with Crippen molar-refractivity contribution in [2.24, 2.45) is 21.8 Å². The van der Waals surface area contributed by atoms with E-state index in [9.17, 15) is 9.18 Å². The molecule has 29 heavy (non-hydrogen) atoms. The number of hydrogen-bond donors (Lipinski definition) is 1. The van der Waals surface area contributed by atoms with Gasteiger partial charge in [-0.15, -0.1) is 0 Å². The number of fused-ring (bicyclic) bond motifs is 2. The molecule has 2 amide bonds. The van der Waals surface area contributed by atoms with Gasteiger partial charge in [-0.25, -0.2) is 14.2 Å². The summed E-state index contributed by atoms with van der Waals surface area (Å²) < 4.78 is 14.5. The van der Waals surface area contributed by atoms with Gasteiger partial charge >= 0.3 is 6.03 Å². The van der Waals surface area contributed by atoms with Crippen molar-refractivity contribution in [3.63, 3.8) is 0 Å². The molecule has 2 saturated carbocycles. The van der Waals surface area contributed by atoms with Crippen molar-refractivity contribution in [2.45, 2.75) is 78.2 Å². The third-order valence-electron chi connectivity index (χ3n) is 8.40. The number of benzene rings is 1. The van der Waals surface area contributed by atoms with Crippen LogP contribution in [0.2, 0.25) is 0 Å². The fraction of sp³-hybridized carbons (Fsp3) is 0.667. The molecular formula is C24H34FN3O. The smallest absolute Gasteiger partial charge is 0.333 e. The van der Waals surface area contributed by atoms with E-state index in [-0.39, 0.29) is 34.6 Å². The van der Waals surface area contributed by atoms with Gasteiger partial charge in [-0.2, -0.15) is 5.10 Å². The van der Waals surface area contributed by atoms with Crippen molar-refractivity contribution in [3.8, 4) is 0 Å². The molecule has 3 unspecified atom stereocenters. The lowest BCUT2D eigenvalue weighted by molar-refractivity contribution is 0.118. The summed E-state index contributed by atoms with van der Waals surface area (Å²) in [6.45, 7) is 9.58. The van der Waals surface area contributed by atoms with E-state index in [0.29, 0.717) is 18.0 Å².